The highest BCUT2D eigenvalue weighted by molar-refractivity contribution is 6.27. The summed E-state index contributed by atoms with van der Waals surface area (Å²) in [4.78, 5) is 0. The highest BCUT2D eigenvalue weighted by atomic mass is 15.0. The van der Waals surface area contributed by atoms with Crippen molar-refractivity contribution in [1.82, 2.24) is 13.7 Å². The molecular formula is C43H26N4. The number of hydrogen-bond acceptors (Lipinski definition) is 1. The number of nitrogens with zero attached hydrogens (tertiary/aromatic N) is 4. The highest BCUT2D eigenvalue weighted by Gasteiger charge is 2.24. The van der Waals surface area contributed by atoms with Gasteiger partial charge in [0.05, 0.1) is 44.7 Å². The molecule has 218 valence electrons. The van der Waals surface area contributed by atoms with Crippen LogP contribution < -0.4 is 0 Å². The number of rotatable bonds is 3. The molecule has 10 rings (SSSR count). The SMILES string of the molecule is N#Cc1cc2c(c3ccccc3n2-c2ccc3c(c2)c2ccccc2n3-c2ccccc2)c2c1c1ccccc1n2-c1ccccc1. The van der Waals surface area contributed by atoms with Crippen LogP contribution in [0.5, 0.6) is 0 Å². The van der Waals surface area contributed by atoms with E-state index in [-0.39, 0.29) is 0 Å². The fraction of sp³-hybridized carbons (Fsp3) is 0. The van der Waals surface area contributed by atoms with E-state index in [2.05, 4.69) is 171 Å². The molecule has 0 unspecified atom stereocenters. The van der Waals surface area contributed by atoms with Crippen LogP contribution in [-0.4, -0.2) is 13.7 Å². The third kappa shape index (κ3) is 3.51. The number of nitriles is 1. The Bertz CT molecular complexity index is 2900. The van der Waals surface area contributed by atoms with Gasteiger partial charge in [0.15, 0.2) is 0 Å². The van der Waals surface area contributed by atoms with Gasteiger partial charge in [0.25, 0.3) is 0 Å². The molecule has 0 atom stereocenters. The minimum atomic E-state index is 0.671. The average Bonchev–Trinajstić information content (AvgIpc) is 3.77. The van der Waals surface area contributed by atoms with E-state index in [0.29, 0.717) is 5.56 Å². The lowest BCUT2D eigenvalue weighted by Gasteiger charge is -2.11. The van der Waals surface area contributed by atoms with Gasteiger partial charge in [-0.2, -0.15) is 5.26 Å². The van der Waals surface area contributed by atoms with Crippen LogP contribution in [0.2, 0.25) is 0 Å². The Hall–Kier alpha value is -6.57. The van der Waals surface area contributed by atoms with Crippen LogP contribution in [-0.2, 0) is 0 Å². The maximum atomic E-state index is 10.7. The van der Waals surface area contributed by atoms with Crippen molar-refractivity contribution in [1.29, 1.82) is 5.26 Å². The number of aromatic nitrogens is 3. The van der Waals surface area contributed by atoms with E-state index in [4.69, 9.17) is 0 Å². The minimum absolute atomic E-state index is 0.671. The normalized spacial score (nSPS) is 11.8. The van der Waals surface area contributed by atoms with Crippen molar-refractivity contribution in [3.8, 4) is 23.1 Å². The zero-order valence-corrected chi connectivity index (χ0v) is 25.3. The summed E-state index contributed by atoms with van der Waals surface area (Å²) in [5.41, 5.74) is 10.5. The van der Waals surface area contributed by atoms with Crippen LogP contribution >= 0.6 is 0 Å². The van der Waals surface area contributed by atoms with Crippen molar-refractivity contribution in [2.45, 2.75) is 0 Å². The van der Waals surface area contributed by atoms with Gasteiger partial charge in [0.2, 0.25) is 0 Å². The van der Waals surface area contributed by atoms with Crippen molar-refractivity contribution in [3.63, 3.8) is 0 Å². The maximum Gasteiger partial charge on any atom is 0.0999 e. The Morgan fingerprint density at radius 1 is 0.362 bits per heavy atom. The fourth-order valence-electron chi connectivity index (χ4n) is 7.77. The van der Waals surface area contributed by atoms with E-state index in [1.165, 1.54) is 16.3 Å². The third-order valence-electron chi connectivity index (χ3n) is 9.64. The van der Waals surface area contributed by atoms with Crippen molar-refractivity contribution in [3.05, 3.63) is 163 Å². The largest absolute Gasteiger partial charge is 0.309 e. The first-order valence-electron chi connectivity index (χ1n) is 15.9. The topological polar surface area (TPSA) is 38.6 Å². The standard InChI is InChI=1S/C43H26N4/c44-27-28-25-40-42(43-41(28)33-18-8-12-22-38(33)47(43)30-15-5-2-6-16-30)34-19-9-11-21-37(34)46(40)31-23-24-39-35(26-31)32-17-7-10-20-36(32)45(39)29-13-3-1-4-14-29/h1-26H. The van der Waals surface area contributed by atoms with Gasteiger partial charge in [-0.15, -0.1) is 0 Å². The van der Waals surface area contributed by atoms with E-state index >= 15 is 0 Å². The Labute approximate surface area is 270 Å². The lowest BCUT2D eigenvalue weighted by Crippen LogP contribution is -1.97. The van der Waals surface area contributed by atoms with Gasteiger partial charge >= 0.3 is 0 Å². The van der Waals surface area contributed by atoms with E-state index in [1.54, 1.807) is 0 Å². The van der Waals surface area contributed by atoms with Gasteiger partial charge in [-0.05, 0) is 66.7 Å². The molecule has 4 nitrogen and oxygen atoms in total. The second kappa shape index (κ2) is 9.71. The van der Waals surface area contributed by atoms with Crippen LogP contribution in [0, 0.1) is 11.3 Å². The summed E-state index contributed by atoms with van der Waals surface area (Å²) in [6, 6.07) is 58.2. The quantitative estimate of drug-likeness (QED) is 0.199. The first kappa shape index (κ1) is 25.7. The number of para-hydroxylation sites is 5. The summed E-state index contributed by atoms with van der Waals surface area (Å²) in [7, 11) is 0. The summed E-state index contributed by atoms with van der Waals surface area (Å²) in [5.74, 6) is 0. The van der Waals surface area contributed by atoms with Gasteiger partial charge in [-0.25, -0.2) is 0 Å². The molecule has 0 saturated carbocycles. The predicted octanol–water partition coefficient (Wildman–Crippen LogP) is 10.8. The van der Waals surface area contributed by atoms with Gasteiger partial charge in [0, 0.05) is 49.4 Å². The molecule has 3 aromatic heterocycles. The number of hydrogen-bond donors (Lipinski definition) is 0. The van der Waals surface area contributed by atoms with Gasteiger partial charge in [0.1, 0.15) is 0 Å². The van der Waals surface area contributed by atoms with E-state index in [0.717, 1.165) is 66.2 Å². The van der Waals surface area contributed by atoms with Gasteiger partial charge in [-0.1, -0.05) is 91.0 Å². The lowest BCUT2D eigenvalue weighted by atomic mass is 10.0. The molecular weight excluding hydrogens is 573 g/mol. The summed E-state index contributed by atoms with van der Waals surface area (Å²) in [6.45, 7) is 0. The van der Waals surface area contributed by atoms with Crippen molar-refractivity contribution in [2.24, 2.45) is 0 Å². The van der Waals surface area contributed by atoms with Crippen molar-refractivity contribution in [2.75, 3.05) is 0 Å². The van der Waals surface area contributed by atoms with Crippen LogP contribution in [0.15, 0.2) is 158 Å². The molecule has 7 aromatic carbocycles. The monoisotopic (exact) mass is 598 g/mol. The minimum Gasteiger partial charge on any atom is -0.309 e. The maximum absolute atomic E-state index is 10.7. The number of benzene rings is 7. The van der Waals surface area contributed by atoms with E-state index < -0.39 is 0 Å². The van der Waals surface area contributed by atoms with Crippen LogP contribution in [0.4, 0.5) is 0 Å². The molecule has 0 saturated heterocycles. The van der Waals surface area contributed by atoms with Gasteiger partial charge < -0.3 is 13.7 Å². The Balaban J connectivity index is 1.37. The predicted molar refractivity (Wildman–Crippen MR) is 194 cm³/mol. The molecule has 0 bridgehead atoms. The van der Waals surface area contributed by atoms with Crippen molar-refractivity contribution < 1.29 is 0 Å². The zero-order chi connectivity index (χ0) is 31.1. The van der Waals surface area contributed by atoms with Gasteiger partial charge in [-0.3, -0.25) is 0 Å². The smallest absolute Gasteiger partial charge is 0.0999 e. The van der Waals surface area contributed by atoms with Crippen LogP contribution in [0.1, 0.15) is 5.56 Å². The Kier molecular flexibility index (Phi) is 5.32. The summed E-state index contributed by atoms with van der Waals surface area (Å²) >= 11 is 0. The molecule has 0 aliphatic heterocycles. The number of fused-ring (bicyclic) bond motifs is 10. The van der Waals surface area contributed by atoms with Crippen LogP contribution in [0.25, 0.3) is 82.5 Å². The summed E-state index contributed by atoms with van der Waals surface area (Å²) in [5, 5.41) is 17.4. The second-order valence-corrected chi connectivity index (χ2v) is 12.1. The molecule has 0 spiro atoms. The fourth-order valence-corrected chi connectivity index (χ4v) is 7.77. The molecule has 0 N–H and O–H groups in total. The summed E-state index contributed by atoms with van der Waals surface area (Å²) < 4.78 is 7.02. The average molecular weight is 599 g/mol. The second-order valence-electron chi connectivity index (χ2n) is 12.1. The molecule has 4 heteroatoms. The Morgan fingerprint density at radius 3 is 1.51 bits per heavy atom. The lowest BCUT2D eigenvalue weighted by molar-refractivity contribution is 1.16. The van der Waals surface area contributed by atoms with Crippen molar-refractivity contribution >= 4 is 65.4 Å². The van der Waals surface area contributed by atoms with E-state index in [1.807, 2.05) is 6.07 Å². The Morgan fingerprint density at radius 2 is 0.851 bits per heavy atom. The molecule has 47 heavy (non-hydrogen) atoms. The highest BCUT2D eigenvalue weighted by Crippen LogP contribution is 2.44. The third-order valence-corrected chi connectivity index (χ3v) is 9.64. The first-order valence-corrected chi connectivity index (χ1v) is 15.9. The first-order chi connectivity index (χ1) is 23.3. The molecule has 0 aliphatic rings. The summed E-state index contributed by atoms with van der Waals surface area (Å²) in [6.07, 6.45) is 0. The van der Waals surface area contributed by atoms with Crippen LogP contribution in [0.3, 0.4) is 0 Å². The molecule has 10 aromatic rings. The molecule has 0 aliphatic carbocycles. The molecule has 0 amide bonds. The zero-order valence-electron chi connectivity index (χ0n) is 25.3. The van der Waals surface area contributed by atoms with E-state index in [9.17, 15) is 5.26 Å². The molecule has 0 fully saturated rings. The molecule has 3 heterocycles. The molecule has 0 radical (unpaired) electrons.